The molecule has 3 aromatic rings. The molecule has 0 fully saturated rings. The van der Waals surface area contributed by atoms with E-state index in [0.29, 0.717) is 18.2 Å². The van der Waals surface area contributed by atoms with E-state index < -0.39 is 0 Å². The quantitative estimate of drug-likeness (QED) is 0.626. The van der Waals surface area contributed by atoms with Crippen molar-refractivity contribution < 1.29 is 9.53 Å². The second-order valence-corrected chi connectivity index (χ2v) is 8.44. The topological polar surface area (TPSA) is 89.0 Å². The molecule has 1 amide bonds. The van der Waals surface area contributed by atoms with Crippen LogP contribution >= 0.6 is 0 Å². The zero-order valence-electron chi connectivity index (χ0n) is 18.3. The first kappa shape index (κ1) is 20.8. The summed E-state index contributed by atoms with van der Waals surface area (Å²) in [6.07, 6.45) is 5.77. The van der Waals surface area contributed by atoms with Gasteiger partial charge >= 0.3 is 0 Å². The van der Waals surface area contributed by atoms with E-state index >= 15 is 0 Å². The van der Waals surface area contributed by atoms with Crippen LogP contribution in [-0.2, 0) is 23.2 Å². The second kappa shape index (κ2) is 8.34. The van der Waals surface area contributed by atoms with Crippen LogP contribution < -0.4 is 15.4 Å². The summed E-state index contributed by atoms with van der Waals surface area (Å²) in [7, 11) is 1.61. The minimum atomic E-state index is -0.0733. The van der Waals surface area contributed by atoms with Crippen LogP contribution in [0.25, 0.3) is 11.3 Å². The number of aryl methyl sites for hydroxylation is 1. The fraction of sp³-hybridized carbons (Fsp3) is 0.333. The van der Waals surface area contributed by atoms with Crippen molar-refractivity contribution in [1.29, 1.82) is 0 Å². The molecule has 0 bridgehead atoms. The molecule has 0 unspecified atom stereocenters. The number of methoxy groups -OCH3 is 1. The SMILES string of the molecule is COc1cc(CNC(C)=O)ccc1Nc1nccc(-c2cnc3c(c2)C(C)(C)CC3)n1. The van der Waals surface area contributed by atoms with Crippen LogP contribution in [0.3, 0.4) is 0 Å². The number of carbonyl (C=O) groups is 1. The Morgan fingerprint density at radius 2 is 2.03 bits per heavy atom. The first-order valence-electron chi connectivity index (χ1n) is 10.4. The molecular formula is C24H27N5O2. The Kier molecular flexibility index (Phi) is 5.59. The number of benzene rings is 1. The molecule has 1 aliphatic rings. The molecule has 0 atom stereocenters. The highest BCUT2D eigenvalue weighted by Crippen LogP contribution is 2.38. The summed E-state index contributed by atoms with van der Waals surface area (Å²) in [6, 6.07) is 9.81. The van der Waals surface area contributed by atoms with E-state index in [1.807, 2.05) is 30.5 Å². The molecule has 0 spiro atoms. The number of ether oxygens (including phenoxy) is 1. The van der Waals surface area contributed by atoms with Gasteiger partial charge in [0.1, 0.15) is 5.75 Å². The van der Waals surface area contributed by atoms with Crippen molar-refractivity contribution in [3.05, 3.63) is 59.5 Å². The standard InChI is InChI=1S/C24H27N5O2/c1-15(30)26-13-16-5-6-21(22(11-16)31-4)29-23-25-10-8-19(28-23)17-12-18-20(27-14-17)7-9-24(18,2)3/h5-6,8,10-12,14H,7,9,13H2,1-4H3,(H,26,30)(H,25,28,29). The molecule has 1 aromatic carbocycles. The van der Waals surface area contributed by atoms with Gasteiger partial charge in [0, 0.05) is 37.1 Å². The molecule has 0 radical (unpaired) electrons. The van der Waals surface area contributed by atoms with Gasteiger partial charge in [0.2, 0.25) is 11.9 Å². The van der Waals surface area contributed by atoms with E-state index in [-0.39, 0.29) is 11.3 Å². The van der Waals surface area contributed by atoms with E-state index in [4.69, 9.17) is 9.72 Å². The summed E-state index contributed by atoms with van der Waals surface area (Å²) >= 11 is 0. The maximum absolute atomic E-state index is 11.2. The molecule has 0 saturated carbocycles. The summed E-state index contributed by atoms with van der Waals surface area (Å²) < 4.78 is 5.51. The second-order valence-electron chi connectivity index (χ2n) is 8.44. The van der Waals surface area contributed by atoms with Crippen molar-refractivity contribution in [1.82, 2.24) is 20.3 Å². The predicted octanol–water partition coefficient (Wildman–Crippen LogP) is 4.15. The summed E-state index contributed by atoms with van der Waals surface area (Å²) in [5.41, 5.74) is 6.12. The van der Waals surface area contributed by atoms with Gasteiger partial charge in [-0.1, -0.05) is 19.9 Å². The molecule has 31 heavy (non-hydrogen) atoms. The number of anilines is 2. The van der Waals surface area contributed by atoms with Crippen molar-refractivity contribution in [2.75, 3.05) is 12.4 Å². The number of carbonyl (C=O) groups excluding carboxylic acids is 1. The lowest BCUT2D eigenvalue weighted by Crippen LogP contribution is -2.18. The normalized spacial score (nSPS) is 14.1. The van der Waals surface area contributed by atoms with Gasteiger partial charge < -0.3 is 15.4 Å². The third-order valence-electron chi connectivity index (χ3n) is 5.69. The molecule has 4 rings (SSSR count). The largest absolute Gasteiger partial charge is 0.495 e. The van der Waals surface area contributed by atoms with Gasteiger partial charge in [-0.2, -0.15) is 0 Å². The van der Waals surface area contributed by atoms with Crippen molar-refractivity contribution >= 4 is 17.5 Å². The maximum atomic E-state index is 11.2. The summed E-state index contributed by atoms with van der Waals surface area (Å²) in [5, 5.41) is 6.03. The third-order valence-corrected chi connectivity index (χ3v) is 5.69. The molecular weight excluding hydrogens is 390 g/mol. The zero-order valence-corrected chi connectivity index (χ0v) is 18.3. The van der Waals surface area contributed by atoms with Crippen molar-refractivity contribution in [3.63, 3.8) is 0 Å². The number of amides is 1. The summed E-state index contributed by atoms with van der Waals surface area (Å²) in [4.78, 5) is 24.9. The lowest BCUT2D eigenvalue weighted by molar-refractivity contribution is -0.119. The van der Waals surface area contributed by atoms with Gasteiger partial charge in [-0.15, -0.1) is 0 Å². The molecule has 0 aliphatic heterocycles. The van der Waals surface area contributed by atoms with Gasteiger partial charge in [0.25, 0.3) is 0 Å². The first-order valence-corrected chi connectivity index (χ1v) is 10.4. The molecule has 7 heteroatoms. The lowest BCUT2D eigenvalue weighted by atomic mass is 9.86. The van der Waals surface area contributed by atoms with Gasteiger partial charge in [0.05, 0.1) is 18.5 Å². The molecule has 2 N–H and O–H groups in total. The van der Waals surface area contributed by atoms with E-state index in [0.717, 1.165) is 35.3 Å². The summed E-state index contributed by atoms with van der Waals surface area (Å²) in [5.74, 6) is 1.05. The van der Waals surface area contributed by atoms with Crippen molar-refractivity contribution in [2.24, 2.45) is 0 Å². The third kappa shape index (κ3) is 4.50. The van der Waals surface area contributed by atoms with Crippen LogP contribution in [0.5, 0.6) is 5.75 Å². The van der Waals surface area contributed by atoms with Crippen LogP contribution in [0.4, 0.5) is 11.6 Å². The average Bonchev–Trinajstić information content (AvgIpc) is 3.07. The van der Waals surface area contributed by atoms with E-state index in [2.05, 4.69) is 40.5 Å². The highest BCUT2D eigenvalue weighted by Gasteiger charge is 2.31. The number of pyridine rings is 1. The van der Waals surface area contributed by atoms with Gasteiger partial charge in [0.15, 0.2) is 0 Å². The van der Waals surface area contributed by atoms with Gasteiger partial charge in [-0.05, 0) is 53.6 Å². The van der Waals surface area contributed by atoms with Gasteiger partial charge in [-0.3, -0.25) is 9.78 Å². The summed E-state index contributed by atoms with van der Waals surface area (Å²) in [6.45, 7) is 6.47. The van der Waals surface area contributed by atoms with Gasteiger partial charge in [-0.25, -0.2) is 9.97 Å². The number of rotatable bonds is 6. The van der Waals surface area contributed by atoms with Crippen LogP contribution in [0.2, 0.25) is 0 Å². The van der Waals surface area contributed by atoms with Crippen molar-refractivity contribution in [3.8, 4) is 17.0 Å². The lowest BCUT2D eigenvalue weighted by Gasteiger charge is -2.19. The number of aromatic nitrogens is 3. The monoisotopic (exact) mass is 417 g/mol. The van der Waals surface area contributed by atoms with E-state index in [1.165, 1.54) is 18.2 Å². The number of hydrogen-bond acceptors (Lipinski definition) is 6. The molecule has 2 aromatic heterocycles. The highest BCUT2D eigenvalue weighted by atomic mass is 16.5. The molecule has 7 nitrogen and oxygen atoms in total. The Morgan fingerprint density at radius 1 is 1.19 bits per heavy atom. The predicted molar refractivity (Wildman–Crippen MR) is 120 cm³/mol. The van der Waals surface area contributed by atoms with E-state index in [1.54, 1.807) is 13.3 Å². The van der Waals surface area contributed by atoms with Crippen LogP contribution in [0.1, 0.15) is 44.0 Å². The molecule has 2 heterocycles. The number of hydrogen-bond donors (Lipinski definition) is 2. The molecule has 160 valence electrons. The van der Waals surface area contributed by atoms with Crippen LogP contribution in [0, 0.1) is 0 Å². The minimum Gasteiger partial charge on any atom is -0.495 e. The Hall–Kier alpha value is -3.48. The zero-order chi connectivity index (χ0) is 22.0. The molecule has 0 saturated heterocycles. The molecule has 1 aliphatic carbocycles. The number of nitrogens with zero attached hydrogens (tertiary/aromatic N) is 3. The van der Waals surface area contributed by atoms with Crippen LogP contribution in [0.15, 0.2) is 42.7 Å². The Morgan fingerprint density at radius 3 is 2.81 bits per heavy atom. The number of fused-ring (bicyclic) bond motifs is 1. The first-order chi connectivity index (χ1) is 14.9. The Bertz CT molecular complexity index is 1130. The van der Waals surface area contributed by atoms with E-state index in [9.17, 15) is 4.79 Å². The minimum absolute atomic E-state index is 0.0733. The van der Waals surface area contributed by atoms with Crippen molar-refractivity contribution in [2.45, 2.75) is 45.6 Å². The number of nitrogens with one attached hydrogen (secondary N) is 2. The van der Waals surface area contributed by atoms with Crippen LogP contribution in [-0.4, -0.2) is 28.0 Å². The Labute approximate surface area is 182 Å². The fourth-order valence-electron chi connectivity index (χ4n) is 3.86. The average molecular weight is 418 g/mol. The Balaban J connectivity index is 1.58. The smallest absolute Gasteiger partial charge is 0.227 e. The maximum Gasteiger partial charge on any atom is 0.227 e. The highest BCUT2D eigenvalue weighted by molar-refractivity contribution is 5.73. The fourth-order valence-corrected chi connectivity index (χ4v) is 3.86.